The summed E-state index contributed by atoms with van der Waals surface area (Å²) in [7, 11) is 0. The first-order valence-electron chi connectivity index (χ1n) is 8.77. The topological polar surface area (TPSA) is 122 Å². The number of rotatable bonds is 3. The summed E-state index contributed by atoms with van der Waals surface area (Å²) in [4.78, 5) is 25.3. The number of phenols is 1. The van der Waals surface area contributed by atoms with Gasteiger partial charge in [-0.25, -0.2) is 0 Å². The van der Waals surface area contributed by atoms with Gasteiger partial charge >= 0.3 is 0 Å². The number of aliphatic hydroxyl groups excluding tert-OH is 1. The average Bonchev–Trinajstić information content (AvgIpc) is 2.95. The van der Waals surface area contributed by atoms with E-state index in [2.05, 4.69) is 5.32 Å². The number of hydrogen-bond donors (Lipinski definition) is 4. The highest BCUT2D eigenvalue weighted by molar-refractivity contribution is 5.94. The van der Waals surface area contributed by atoms with Crippen LogP contribution in [0.5, 0.6) is 11.5 Å². The van der Waals surface area contributed by atoms with Crippen LogP contribution in [0.3, 0.4) is 0 Å². The fourth-order valence-electron chi connectivity index (χ4n) is 4.04. The van der Waals surface area contributed by atoms with E-state index in [0.29, 0.717) is 17.7 Å². The van der Waals surface area contributed by atoms with Gasteiger partial charge in [0.25, 0.3) is 5.91 Å². The lowest BCUT2D eigenvalue weighted by molar-refractivity contribution is -0.139. The highest BCUT2D eigenvalue weighted by Gasteiger charge is 2.52. The molecule has 0 spiro atoms. The van der Waals surface area contributed by atoms with E-state index in [4.69, 9.17) is 10.5 Å². The van der Waals surface area contributed by atoms with Gasteiger partial charge < -0.3 is 26.0 Å². The molecule has 0 radical (unpaired) electrons. The lowest BCUT2D eigenvalue weighted by atomic mass is 9.81. The van der Waals surface area contributed by atoms with E-state index in [1.165, 1.54) is 12.1 Å². The number of fused-ring (bicyclic) bond motifs is 3. The molecule has 2 amide bonds. The molecule has 0 aliphatic carbocycles. The summed E-state index contributed by atoms with van der Waals surface area (Å²) in [6, 6.07) is 13.4. The van der Waals surface area contributed by atoms with E-state index in [1.807, 2.05) is 0 Å². The molecule has 2 heterocycles. The molecule has 2 aromatic rings. The van der Waals surface area contributed by atoms with Crippen LogP contribution in [-0.4, -0.2) is 33.7 Å². The van der Waals surface area contributed by atoms with Gasteiger partial charge in [-0.15, -0.1) is 0 Å². The number of primary amides is 1. The molecule has 5 N–H and O–H groups in total. The zero-order chi connectivity index (χ0) is 19.2. The van der Waals surface area contributed by atoms with Crippen LogP contribution in [0, 0.1) is 0 Å². The molecule has 4 atom stereocenters. The van der Waals surface area contributed by atoms with E-state index in [9.17, 15) is 19.8 Å². The van der Waals surface area contributed by atoms with Crippen molar-refractivity contribution in [2.45, 2.75) is 36.5 Å². The van der Waals surface area contributed by atoms with E-state index in [0.717, 1.165) is 5.56 Å². The van der Waals surface area contributed by atoms with Crippen LogP contribution < -0.4 is 15.8 Å². The third-order valence-electron chi connectivity index (χ3n) is 5.49. The molecule has 0 aromatic heterocycles. The maximum atomic E-state index is 12.9. The second-order valence-corrected chi connectivity index (χ2v) is 7.04. The van der Waals surface area contributed by atoms with Crippen molar-refractivity contribution < 1.29 is 24.5 Å². The van der Waals surface area contributed by atoms with Crippen molar-refractivity contribution in [2.24, 2.45) is 5.73 Å². The molecule has 4 rings (SSSR count). The fourth-order valence-corrected chi connectivity index (χ4v) is 4.04. The molecule has 0 bridgehead atoms. The van der Waals surface area contributed by atoms with E-state index in [1.54, 1.807) is 36.4 Å². The van der Waals surface area contributed by atoms with Gasteiger partial charge in [0.2, 0.25) is 5.91 Å². The quantitative estimate of drug-likeness (QED) is 0.646. The minimum Gasteiger partial charge on any atom is -0.508 e. The van der Waals surface area contributed by atoms with E-state index < -0.39 is 29.6 Å². The molecule has 0 saturated carbocycles. The summed E-state index contributed by atoms with van der Waals surface area (Å²) in [5.41, 5.74) is 5.32. The summed E-state index contributed by atoms with van der Waals surface area (Å²) in [5, 5.41) is 23.2. The predicted molar refractivity (Wildman–Crippen MR) is 96.0 cm³/mol. The van der Waals surface area contributed by atoms with Crippen LogP contribution in [0.2, 0.25) is 0 Å². The van der Waals surface area contributed by atoms with Crippen LogP contribution >= 0.6 is 0 Å². The molecule has 27 heavy (non-hydrogen) atoms. The van der Waals surface area contributed by atoms with Gasteiger partial charge in [-0.05, 0) is 24.5 Å². The van der Waals surface area contributed by atoms with E-state index >= 15 is 0 Å². The minimum absolute atomic E-state index is 0.0524. The summed E-state index contributed by atoms with van der Waals surface area (Å²) in [6.07, 6.45) is -1.55. The Balaban J connectivity index is 1.71. The molecular weight excluding hydrogens is 348 g/mol. The Kier molecular flexibility index (Phi) is 4.04. The van der Waals surface area contributed by atoms with Crippen LogP contribution in [0.1, 0.15) is 36.0 Å². The number of amides is 2. The average molecular weight is 368 g/mol. The number of hydrogen-bond acceptors (Lipinski definition) is 5. The van der Waals surface area contributed by atoms with Gasteiger partial charge in [0.15, 0.2) is 6.10 Å². The number of aromatic hydroxyl groups is 1. The van der Waals surface area contributed by atoms with Crippen LogP contribution in [0.25, 0.3) is 0 Å². The fraction of sp³-hybridized carbons (Fsp3) is 0.300. The monoisotopic (exact) mass is 368 g/mol. The zero-order valence-electron chi connectivity index (χ0n) is 14.5. The van der Waals surface area contributed by atoms with Gasteiger partial charge in [0.1, 0.15) is 23.1 Å². The van der Waals surface area contributed by atoms with Crippen molar-refractivity contribution in [1.82, 2.24) is 5.32 Å². The number of carbonyl (C=O) groups is 2. The molecule has 140 valence electrons. The Morgan fingerprint density at radius 3 is 2.70 bits per heavy atom. The smallest absolute Gasteiger partial charge is 0.262 e. The molecule has 7 nitrogen and oxygen atoms in total. The molecule has 7 heteroatoms. The lowest BCUT2D eigenvalue weighted by Gasteiger charge is -2.35. The number of aliphatic hydroxyl groups is 1. The number of nitrogens with one attached hydrogen (secondary N) is 1. The second-order valence-electron chi connectivity index (χ2n) is 7.04. The first kappa shape index (κ1) is 17.4. The van der Waals surface area contributed by atoms with Gasteiger partial charge in [-0.1, -0.05) is 36.4 Å². The SMILES string of the molecule is NC(=O)C1(C(O)c2ccccc2)CC[C@H]2c3ccc(O)cc3O[C@H]2C(=O)N1. The number of carbonyl (C=O) groups excluding carboxylic acids is 2. The van der Waals surface area contributed by atoms with Crippen molar-refractivity contribution in [3.05, 3.63) is 59.7 Å². The third-order valence-corrected chi connectivity index (χ3v) is 5.49. The molecule has 1 fully saturated rings. The Morgan fingerprint density at radius 1 is 1.26 bits per heavy atom. The number of nitrogens with two attached hydrogens (primary N) is 1. The highest BCUT2D eigenvalue weighted by Crippen LogP contribution is 2.46. The lowest BCUT2D eigenvalue weighted by Crippen LogP contribution is -2.61. The van der Waals surface area contributed by atoms with Gasteiger partial charge in [-0.3, -0.25) is 9.59 Å². The van der Waals surface area contributed by atoms with Crippen molar-refractivity contribution in [3.8, 4) is 11.5 Å². The Labute approximate surface area is 155 Å². The van der Waals surface area contributed by atoms with Gasteiger partial charge in [0.05, 0.1) is 0 Å². The normalized spacial score (nSPS) is 27.5. The number of benzene rings is 2. The Hall–Kier alpha value is -3.06. The summed E-state index contributed by atoms with van der Waals surface area (Å²) >= 11 is 0. The summed E-state index contributed by atoms with van der Waals surface area (Å²) in [6.45, 7) is 0. The minimum atomic E-state index is -1.62. The van der Waals surface area contributed by atoms with Crippen molar-refractivity contribution >= 4 is 11.8 Å². The molecule has 2 aromatic carbocycles. The molecular formula is C20H20N2O5. The highest BCUT2D eigenvalue weighted by atomic mass is 16.5. The Morgan fingerprint density at radius 2 is 2.00 bits per heavy atom. The third kappa shape index (κ3) is 2.71. The standard InChI is InChI=1S/C20H20N2O5/c21-19(26)20(17(24)11-4-2-1-3-5-11)9-8-14-13-7-6-12(23)10-15(13)27-16(14)18(25)22-20/h1-7,10,14,16-17,23-24H,8-9H2,(H2,21,26)(H,22,25)/t14-,16+,17?,20?/m0/s1. The number of phenolic OH excluding ortho intramolecular Hbond substituents is 1. The molecule has 2 unspecified atom stereocenters. The first-order chi connectivity index (χ1) is 12.9. The predicted octanol–water partition coefficient (Wildman–Crippen LogP) is 1.10. The number of ether oxygens (including phenoxy) is 1. The van der Waals surface area contributed by atoms with Crippen molar-refractivity contribution in [3.63, 3.8) is 0 Å². The Bertz CT molecular complexity index is 901. The maximum absolute atomic E-state index is 12.9. The molecule has 2 aliphatic heterocycles. The first-order valence-corrected chi connectivity index (χ1v) is 8.77. The molecule has 2 aliphatic rings. The zero-order valence-corrected chi connectivity index (χ0v) is 14.5. The van der Waals surface area contributed by atoms with Crippen molar-refractivity contribution in [1.29, 1.82) is 0 Å². The second kappa shape index (κ2) is 6.28. The van der Waals surface area contributed by atoms with Crippen LogP contribution in [0.15, 0.2) is 48.5 Å². The maximum Gasteiger partial charge on any atom is 0.262 e. The van der Waals surface area contributed by atoms with Crippen LogP contribution in [0.4, 0.5) is 0 Å². The summed E-state index contributed by atoms with van der Waals surface area (Å²) < 4.78 is 5.74. The van der Waals surface area contributed by atoms with Gasteiger partial charge in [-0.2, -0.15) is 0 Å². The largest absolute Gasteiger partial charge is 0.508 e. The van der Waals surface area contributed by atoms with E-state index in [-0.39, 0.29) is 18.1 Å². The van der Waals surface area contributed by atoms with Crippen molar-refractivity contribution in [2.75, 3.05) is 0 Å². The van der Waals surface area contributed by atoms with Gasteiger partial charge in [0, 0.05) is 17.5 Å². The van der Waals surface area contributed by atoms with Crippen LogP contribution in [-0.2, 0) is 9.59 Å². The summed E-state index contributed by atoms with van der Waals surface area (Å²) in [5.74, 6) is -1.09. The molecule has 1 saturated heterocycles.